The molecule has 0 fully saturated rings. The first-order valence-electron chi connectivity index (χ1n) is 5.49. The van der Waals surface area contributed by atoms with Gasteiger partial charge in [-0.2, -0.15) is 0 Å². The largest absolute Gasteiger partial charge is 0.573 e. The number of anilines is 1. The molecule has 0 aromatic heterocycles. The Balaban J connectivity index is 2.64. The van der Waals surface area contributed by atoms with Crippen molar-refractivity contribution in [2.75, 3.05) is 11.9 Å². The maximum atomic E-state index is 13.3. The van der Waals surface area contributed by atoms with Crippen LogP contribution in [0.1, 0.15) is 6.42 Å². The van der Waals surface area contributed by atoms with Crippen LogP contribution in [0.15, 0.2) is 43.0 Å². The summed E-state index contributed by atoms with van der Waals surface area (Å²) in [4.78, 5) is 0. The Hall–Kier alpha value is -1.98. The summed E-state index contributed by atoms with van der Waals surface area (Å²) in [5, 5.41) is 2.69. The van der Waals surface area contributed by atoms with Crippen LogP contribution in [-0.4, -0.2) is 12.9 Å². The highest BCUT2D eigenvalue weighted by Crippen LogP contribution is 2.26. The van der Waals surface area contributed by atoms with E-state index in [1.807, 2.05) is 0 Å². The van der Waals surface area contributed by atoms with Gasteiger partial charge in [0.2, 0.25) is 0 Å². The predicted molar refractivity (Wildman–Crippen MR) is 65.5 cm³/mol. The summed E-state index contributed by atoms with van der Waals surface area (Å²) in [6, 6.07) is 2.81. The molecular formula is C13H13F4NO. The minimum Gasteiger partial charge on any atom is -0.406 e. The first-order chi connectivity index (χ1) is 8.92. The van der Waals surface area contributed by atoms with Gasteiger partial charge < -0.3 is 10.1 Å². The highest BCUT2D eigenvalue weighted by molar-refractivity contribution is 5.49. The maximum absolute atomic E-state index is 13.3. The average molecular weight is 275 g/mol. The number of hydrogen-bond acceptors (Lipinski definition) is 2. The second-order valence-electron chi connectivity index (χ2n) is 3.57. The fourth-order valence-electron chi connectivity index (χ4n) is 1.32. The van der Waals surface area contributed by atoms with Gasteiger partial charge in [-0.05, 0) is 18.6 Å². The van der Waals surface area contributed by atoms with Crippen LogP contribution in [0.25, 0.3) is 0 Å². The Morgan fingerprint density at radius 3 is 2.68 bits per heavy atom. The second kappa shape index (κ2) is 6.82. The summed E-state index contributed by atoms with van der Waals surface area (Å²) in [6.45, 7) is 3.87. The topological polar surface area (TPSA) is 21.3 Å². The van der Waals surface area contributed by atoms with E-state index in [0.717, 1.165) is 18.2 Å². The second-order valence-corrected chi connectivity index (χ2v) is 3.57. The van der Waals surface area contributed by atoms with E-state index in [1.165, 1.54) is 0 Å². The fraction of sp³-hybridized carbons (Fsp3) is 0.231. The van der Waals surface area contributed by atoms with Gasteiger partial charge in [-0.1, -0.05) is 24.8 Å². The molecular weight excluding hydrogens is 262 g/mol. The van der Waals surface area contributed by atoms with E-state index in [1.54, 1.807) is 18.2 Å². The van der Waals surface area contributed by atoms with Gasteiger partial charge >= 0.3 is 6.36 Å². The van der Waals surface area contributed by atoms with E-state index in [9.17, 15) is 17.6 Å². The highest BCUT2D eigenvalue weighted by Gasteiger charge is 2.31. The van der Waals surface area contributed by atoms with Gasteiger partial charge in [0.05, 0.1) is 5.69 Å². The van der Waals surface area contributed by atoms with E-state index >= 15 is 0 Å². The summed E-state index contributed by atoms with van der Waals surface area (Å²) < 4.78 is 53.1. The summed E-state index contributed by atoms with van der Waals surface area (Å²) in [7, 11) is 0. The molecule has 0 aliphatic heterocycles. The van der Waals surface area contributed by atoms with Crippen molar-refractivity contribution in [1.29, 1.82) is 0 Å². The fourth-order valence-corrected chi connectivity index (χ4v) is 1.32. The van der Waals surface area contributed by atoms with Crippen LogP contribution in [0.3, 0.4) is 0 Å². The van der Waals surface area contributed by atoms with Gasteiger partial charge in [-0.3, -0.25) is 0 Å². The lowest BCUT2D eigenvalue weighted by Gasteiger charge is -2.11. The Bertz CT molecular complexity index is 454. The lowest BCUT2D eigenvalue weighted by molar-refractivity contribution is -0.274. The Kier molecular flexibility index (Phi) is 5.41. The van der Waals surface area contributed by atoms with Crippen molar-refractivity contribution in [2.45, 2.75) is 12.8 Å². The zero-order chi connectivity index (χ0) is 14.3. The Morgan fingerprint density at radius 1 is 1.32 bits per heavy atom. The van der Waals surface area contributed by atoms with E-state index in [4.69, 9.17) is 0 Å². The molecule has 0 amide bonds. The molecule has 0 bridgehead atoms. The minimum atomic E-state index is -4.79. The van der Waals surface area contributed by atoms with E-state index < -0.39 is 17.9 Å². The van der Waals surface area contributed by atoms with Crippen molar-refractivity contribution in [3.8, 4) is 5.75 Å². The number of benzene rings is 1. The van der Waals surface area contributed by atoms with Crippen LogP contribution in [0.2, 0.25) is 0 Å². The normalized spacial score (nSPS) is 11.6. The average Bonchev–Trinajstić information content (AvgIpc) is 2.31. The van der Waals surface area contributed by atoms with Crippen LogP contribution in [0.5, 0.6) is 5.75 Å². The van der Waals surface area contributed by atoms with Crippen LogP contribution >= 0.6 is 0 Å². The molecule has 0 saturated heterocycles. The van der Waals surface area contributed by atoms with Crippen molar-refractivity contribution in [2.24, 2.45) is 0 Å². The first-order valence-corrected chi connectivity index (χ1v) is 5.49. The number of hydrogen-bond donors (Lipinski definition) is 1. The number of nitrogens with one attached hydrogen (secondary N) is 1. The van der Waals surface area contributed by atoms with Gasteiger partial charge in [0.15, 0.2) is 0 Å². The molecule has 1 aromatic rings. The van der Waals surface area contributed by atoms with Gasteiger partial charge in [0.25, 0.3) is 0 Å². The summed E-state index contributed by atoms with van der Waals surface area (Å²) >= 11 is 0. The number of ether oxygens (including phenoxy) is 1. The molecule has 0 aliphatic carbocycles. The summed E-state index contributed by atoms with van der Waals surface area (Å²) in [5.74, 6) is -1.10. The molecule has 0 heterocycles. The standard InChI is InChI=1S/C13H13F4NO/c1-2-3-4-5-8-18-12-9-10(6-7-11(12)14)19-13(15,16)17/h2-4,6-7,9,18H,1,5,8H2/b4-3+. The molecule has 0 saturated carbocycles. The molecule has 1 N–H and O–H groups in total. The van der Waals surface area contributed by atoms with Crippen LogP contribution < -0.4 is 10.1 Å². The Labute approximate surface area is 108 Å². The third-order valence-corrected chi connectivity index (χ3v) is 2.07. The third-order valence-electron chi connectivity index (χ3n) is 2.07. The van der Waals surface area contributed by atoms with Gasteiger partial charge in [-0.15, -0.1) is 13.2 Å². The highest BCUT2D eigenvalue weighted by atomic mass is 19.4. The summed E-state index contributed by atoms with van der Waals surface area (Å²) in [6.07, 6.45) is 0.922. The molecule has 19 heavy (non-hydrogen) atoms. The van der Waals surface area contributed by atoms with Crippen LogP contribution in [-0.2, 0) is 0 Å². The lowest BCUT2D eigenvalue weighted by atomic mass is 10.2. The zero-order valence-corrected chi connectivity index (χ0v) is 10.0. The molecule has 1 rings (SSSR count). The maximum Gasteiger partial charge on any atom is 0.573 e. The Morgan fingerprint density at radius 2 is 2.05 bits per heavy atom. The monoisotopic (exact) mass is 275 g/mol. The van der Waals surface area contributed by atoms with Crippen molar-refractivity contribution in [3.63, 3.8) is 0 Å². The van der Waals surface area contributed by atoms with Crippen molar-refractivity contribution >= 4 is 5.69 Å². The minimum absolute atomic E-state index is 0.0336. The number of allylic oxidation sites excluding steroid dienone is 2. The summed E-state index contributed by atoms with van der Waals surface area (Å²) in [5.41, 5.74) is -0.0336. The molecule has 2 nitrogen and oxygen atoms in total. The third kappa shape index (κ3) is 5.94. The lowest BCUT2D eigenvalue weighted by Crippen LogP contribution is -2.17. The van der Waals surface area contributed by atoms with E-state index in [0.29, 0.717) is 13.0 Å². The SMILES string of the molecule is C=C/C=C/CCNc1cc(OC(F)(F)F)ccc1F. The van der Waals surface area contributed by atoms with Crippen LogP contribution in [0, 0.1) is 5.82 Å². The smallest absolute Gasteiger partial charge is 0.406 e. The van der Waals surface area contributed by atoms with Crippen molar-refractivity contribution in [1.82, 2.24) is 0 Å². The van der Waals surface area contributed by atoms with E-state index in [-0.39, 0.29) is 5.69 Å². The predicted octanol–water partition coefficient (Wildman–Crippen LogP) is 4.27. The van der Waals surface area contributed by atoms with Crippen molar-refractivity contribution < 1.29 is 22.3 Å². The molecule has 0 unspecified atom stereocenters. The molecule has 104 valence electrons. The zero-order valence-electron chi connectivity index (χ0n) is 10.0. The molecule has 6 heteroatoms. The van der Waals surface area contributed by atoms with Crippen molar-refractivity contribution in [3.05, 3.63) is 48.8 Å². The number of rotatable bonds is 6. The molecule has 0 radical (unpaired) electrons. The van der Waals surface area contributed by atoms with Crippen LogP contribution in [0.4, 0.5) is 23.2 Å². The first kappa shape index (κ1) is 15.1. The van der Waals surface area contributed by atoms with Gasteiger partial charge in [0, 0.05) is 12.6 Å². The molecule has 0 aliphatic rings. The number of halogens is 4. The van der Waals surface area contributed by atoms with Gasteiger partial charge in [-0.25, -0.2) is 4.39 Å². The van der Waals surface area contributed by atoms with E-state index in [2.05, 4.69) is 16.6 Å². The molecule has 0 atom stereocenters. The molecule has 1 aromatic carbocycles. The quantitative estimate of drug-likeness (QED) is 0.475. The van der Waals surface area contributed by atoms with Gasteiger partial charge in [0.1, 0.15) is 11.6 Å². The number of alkyl halides is 3. The molecule has 0 spiro atoms.